The average Bonchev–Trinajstić information content (AvgIpc) is 2.73. The summed E-state index contributed by atoms with van der Waals surface area (Å²) in [7, 11) is -5.71. The molecule has 0 saturated carbocycles. The third-order valence-electron chi connectivity index (χ3n) is 4.72. The zero-order valence-corrected chi connectivity index (χ0v) is 18.8. The lowest BCUT2D eigenvalue weighted by atomic mass is 10.2. The lowest BCUT2D eigenvalue weighted by Crippen LogP contribution is -2.40. The summed E-state index contributed by atoms with van der Waals surface area (Å²) in [6.07, 6.45) is 1.10. The normalized spacial score (nSPS) is 15.7. The molecule has 0 radical (unpaired) electrons. The van der Waals surface area contributed by atoms with Crippen molar-refractivity contribution in [2.75, 3.05) is 44.5 Å². The first kappa shape index (κ1) is 22.7. The Morgan fingerprint density at radius 2 is 1.63 bits per heavy atom. The van der Waals surface area contributed by atoms with Crippen LogP contribution in [0.2, 0.25) is 5.02 Å². The number of sulfone groups is 1. The van der Waals surface area contributed by atoms with Gasteiger partial charge in [0.2, 0.25) is 10.0 Å². The molecule has 3 rings (SSSR count). The second kappa shape index (κ2) is 8.64. The van der Waals surface area contributed by atoms with E-state index in [2.05, 4.69) is 0 Å². The van der Waals surface area contributed by atoms with Gasteiger partial charge < -0.3 is 9.64 Å². The van der Waals surface area contributed by atoms with Crippen LogP contribution in [-0.4, -0.2) is 66.7 Å². The number of amides is 1. The molecule has 2 aromatic carbocycles. The van der Waals surface area contributed by atoms with Gasteiger partial charge >= 0.3 is 0 Å². The van der Waals surface area contributed by atoms with Gasteiger partial charge in [0.25, 0.3) is 5.91 Å². The van der Waals surface area contributed by atoms with Crippen molar-refractivity contribution >= 4 is 43.1 Å². The molecule has 0 bridgehead atoms. The molecule has 11 heteroatoms. The van der Waals surface area contributed by atoms with Crippen LogP contribution in [0, 0.1) is 0 Å². The van der Waals surface area contributed by atoms with Gasteiger partial charge in [-0.1, -0.05) is 11.6 Å². The zero-order valence-electron chi connectivity index (χ0n) is 16.4. The number of rotatable bonds is 5. The third kappa shape index (κ3) is 4.68. The zero-order chi connectivity index (χ0) is 22.1. The fraction of sp³-hybridized carbons (Fsp3) is 0.316. The summed E-state index contributed by atoms with van der Waals surface area (Å²) in [5, 5.41) is 0.0261. The summed E-state index contributed by atoms with van der Waals surface area (Å²) in [5.74, 6) is -0.461. The summed E-state index contributed by atoms with van der Waals surface area (Å²) in [6, 6.07) is 9.92. The molecule has 1 saturated heterocycles. The number of carbonyl (C=O) groups is 1. The Balaban J connectivity index is 1.90. The molecule has 1 amide bonds. The maximum atomic E-state index is 13.0. The molecule has 162 valence electrons. The van der Waals surface area contributed by atoms with Gasteiger partial charge in [-0.3, -0.25) is 4.79 Å². The number of benzene rings is 2. The summed E-state index contributed by atoms with van der Waals surface area (Å²) in [5.41, 5.74) is 0.598. The van der Waals surface area contributed by atoms with E-state index in [1.165, 1.54) is 58.7 Å². The largest absolute Gasteiger partial charge is 0.379 e. The number of morpholine rings is 1. The molecule has 2 aromatic rings. The molecule has 0 N–H and O–H groups in total. The first-order valence-electron chi connectivity index (χ1n) is 8.97. The number of halogens is 1. The number of ether oxygens (including phenoxy) is 1. The monoisotopic (exact) mass is 472 g/mol. The number of anilines is 1. The number of hydrogen-bond acceptors (Lipinski definition) is 6. The summed E-state index contributed by atoms with van der Waals surface area (Å²) < 4.78 is 55.6. The fourth-order valence-electron chi connectivity index (χ4n) is 2.99. The molecule has 0 aromatic heterocycles. The Kier molecular flexibility index (Phi) is 6.54. The molecule has 30 heavy (non-hydrogen) atoms. The summed E-state index contributed by atoms with van der Waals surface area (Å²) >= 11 is 6.14. The minimum Gasteiger partial charge on any atom is -0.379 e. The lowest BCUT2D eigenvalue weighted by Gasteiger charge is -2.26. The van der Waals surface area contributed by atoms with Crippen LogP contribution in [-0.2, 0) is 24.6 Å². The van der Waals surface area contributed by atoms with Crippen LogP contribution in [0.3, 0.4) is 0 Å². The van der Waals surface area contributed by atoms with Gasteiger partial charge in [0.05, 0.1) is 23.1 Å². The molecule has 0 atom stereocenters. The standard InChI is InChI=1S/C19H21ClN2O6S2/c1-21(15-4-6-16(7-5-15)29(2,24)25)19(23)14-3-8-17(20)18(13-14)30(26,27)22-9-11-28-12-10-22/h3-8,13H,9-12H2,1-2H3. The van der Waals surface area contributed by atoms with Gasteiger partial charge in [0.15, 0.2) is 9.84 Å². The van der Waals surface area contributed by atoms with E-state index >= 15 is 0 Å². The molecule has 1 aliphatic heterocycles. The molecule has 1 fully saturated rings. The number of carbonyl (C=O) groups excluding carboxylic acids is 1. The lowest BCUT2D eigenvalue weighted by molar-refractivity contribution is 0.0730. The van der Waals surface area contributed by atoms with E-state index in [9.17, 15) is 21.6 Å². The predicted molar refractivity (Wildman–Crippen MR) is 113 cm³/mol. The first-order chi connectivity index (χ1) is 14.0. The van der Waals surface area contributed by atoms with Crippen molar-refractivity contribution in [3.8, 4) is 0 Å². The highest BCUT2D eigenvalue weighted by Gasteiger charge is 2.29. The maximum Gasteiger partial charge on any atom is 0.258 e. The molecule has 1 heterocycles. The molecular weight excluding hydrogens is 452 g/mol. The van der Waals surface area contributed by atoms with Crippen LogP contribution in [0.5, 0.6) is 0 Å². The van der Waals surface area contributed by atoms with E-state index in [1.54, 1.807) is 0 Å². The summed E-state index contributed by atoms with van der Waals surface area (Å²) in [4.78, 5) is 14.2. The highest BCUT2D eigenvalue weighted by Crippen LogP contribution is 2.28. The van der Waals surface area contributed by atoms with Crippen molar-refractivity contribution in [2.45, 2.75) is 9.79 Å². The second-order valence-corrected chi connectivity index (χ2v) is 11.1. The van der Waals surface area contributed by atoms with Crippen molar-refractivity contribution in [2.24, 2.45) is 0 Å². The minimum atomic E-state index is -3.88. The van der Waals surface area contributed by atoms with E-state index in [0.29, 0.717) is 18.9 Å². The number of nitrogens with zero attached hydrogens (tertiary/aromatic N) is 2. The quantitative estimate of drug-likeness (QED) is 0.660. The van der Waals surface area contributed by atoms with E-state index < -0.39 is 25.8 Å². The maximum absolute atomic E-state index is 13.0. The number of hydrogen-bond donors (Lipinski definition) is 0. The molecule has 0 spiro atoms. The SMILES string of the molecule is CN(C(=O)c1ccc(Cl)c(S(=O)(=O)N2CCOCC2)c1)c1ccc(S(C)(=O)=O)cc1. The van der Waals surface area contributed by atoms with Gasteiger partial charge in [-0.15, -0.1) is 0 Å². The highest BCUT2D eigenvalue weighted by atomic mass is 35.5. The molecule has 1 aliphatic rings. The Labute approximate surface area is 181 Å². The topological polar surface area (TPSA) is 101 Å². The summed E-state index contributed by atoms with van der Waals surface area (Å²) in [6.45, 7) is 1.01. The minimum absolute atomic E-state index is 0.0261. The number of sulfonamides is 1. The van der Waals surface area contributed by atoms with Crippen molar-refractivity contribution < 1.29 is 26.4 Å². The van der Waals surface area contributed by atoms with Crippen molar-refractivity contribution in [3.63, 3.8) is 0 Å². The van der Waals surface area contributed by atoms with Crippen molar-refractivity contribution in [3.05, 3.63) is 53.1 Å². The molecule has 0 unspecified atom stereocenters. The van der Waals surface area contributed by atoms with Crippen LogP contribution in [0.15, 0.2) is 52.3 Å². The van der Waals surface area contributed by atoms with E-state index in [4.69, 9.17) is 16.3 Å². The Bertz CT molecular complexity index is 1160. The van der Waals surface area contributed by atoms with Crippen LogP contribution in [0.1, 0.15) is 10.4 Å². The smallest absolute Gasteiger partial charge is 0.258 e. The third-order valence-corrected chi connectivity index (χ3v) is 8.23. The Morgan fingerprint density at radius 3 is 2.20 bits per heavy atom. The highest BCUT2D eigenvalue weighted by molar-refractivity contribution is 7.90. The van der Waals surface area contributed by atoms with E-state index in [1.807, 2.05) is 0 Å². The van der Waals surface area contributed by atoms with Crippen molar-refractivity contribution in [1.82, 2.24) is 4.31 Å². The van der Waals surface area contributed by atoms with E-state index in [-0.39, 0.29) is 33.5 Å². The molecule has 0 aliphatic carbocycles. The van der Waals surface area contributed by atoms with Crippen LogP contribution >= 0.6 is 11.6 Å². The fourth-order valence-corrected chi connectivity index (χ4v) is 5.53. The van der Waals surface area contributed by atoms with Gasteiger partial charge in [-0.2, -0.15) is 4.31 Å². The average molecular weight is 473 g/mol. The van der Waals surface area contributed by atoms with Gasteiger partial charge in [0.1, 0.15) is 4.90 Å². The Morgan fingerprint density at radius 1 is 1.03 bits per heavy atom. The molecule has 8 nitrogen and oxygen atoms in total. The van der Waals surface area contributed by atoms with Crippen LogP contribution in [0.4, 0.5) is 5.69 Å². The van der Waals surface area contributed by atoms with Gasteiger partial charge in [-0.05, 0) is 42.5 Å². The Hall–Kier alpha value is -1.98. The van der Waals surface area contributed by atoms with Crippen LogP contribution in [0.25, 0.3) is 0 Å². The molecular formula is C19H21ClN2O6S2. The van der Waals surface area contributed by atoms with Gasteiger partial charge in [-0.25, -0.2) is 16.8 Å². The van der Waals surface area contributed by atoms with E-state index in [0.717, 1.165) is 6.26 Å². The van der Waals surface area contributed by atoms with Gasteiger partial charge in [0, 0.05) is 37.6 Å². The first-order valence-corrected chi connectivity index (χ1v) is 12.7. The predicted octanol–water partition coefficient (Wildman–Crippen LogP) is 2.04. The van der Waals surface area contributed by atoms with Crippen LogP contribution < -0.4 is 4.90 Å². The van der Waals surface area contributed by atoms with Crippen molar-refractivity contribution in [1.29, 1.82) is 0 Å². The second-order valence-electron chi connectivity index (χ2n) is 6.79.